The van der Waals surface area contributed by atoms with Gasteiger partial charge in [-0.3, -0.25) is 4.79 Å². The van der Waals surface area contributed by atoms with E-state index in [2.05, 4.69) is 25.9 Å². The first-order valence-electron chi connectivity index (χ1n) is 9.54. The third kappa shape index (κ3) is 4.86. The minimum absolute atomic E-state index is 0.00921. The molecule has 2 aromatic heterocycles. The minimum atomic E-state index is -0.00921. The van der Waals surface area contributed by atoms with Gasteiger partial charge in [-0.2, -0.15) is 4.98 Å². The smallest absolute Gasteiger partial charge is 0.261 e. The number of anilines is 3. The Bertz CT molecular complexity index is 910. The third-order valence-electron chi connectivity index (χ3n) is 4.54. The topological polar surface area (TPSA) is 78.9 Å². The Balaban J connectivity index is 1.32. The van der Waals surface area contributed by atoms with Gasteiger partial charge < -0.3 is 16.0 Å². The fourth-order valence-corrected chi connectivity index (χ4v) is 3.57. The number of hydrogen-bond donors (Lipinski definition) is 3. The van der Waals surface area contributed by atoms with Gasteiger partial charge in [0.2, 0.25) is 5.95 Å². The van der Waals surface area contributed by atoms with Crippen LogP contribution in [-0.4, -0.2) is 29.0 Å². The molecule has 0 saturated heterocycles. The molecule has 0 bridgehead atoms. The van der Waals surface area contributed by atoms with E-state index in [0.717, 1.165) is 29.3 Å². The van der Waals surface area contributed by atoms with Crippen LogP contribution >= 0.6 is 11.3 Å². The summed E-state index contributed by atoms with van der Waals surface area (Å²) in [5.41, 5.74) is 2.14. The van der Waals surface area contributed by atoms with Crippen LogP contribution in [0, 0.1) is 0 Å². The van der Waals surface area contributed by atoms with Crippen LogP contribution in [0.1, 0.15) is 40.4 Å². The van der Waals surface area contributed by atoms with E-state index in [-0.39, 0.29) is 5.91 Å². The molecule has 0 aliphatic heterocycles. The van der Waals surface area contributed by atoms with Crippen LogP contribution in [0.5, 0.6) is 0 Å². The second kappa shape index (κ2) is 8.84. The number of rotatable bonds is 9. The summed E-state index contributed by atoms with van der Waals surface area (Å²) in [7, 11) is 0. The van der Waals surface area contributed by atoms with Crippen LogP contribution < -0.4 is 16.0 Å². The zero-order valence-corrected chi connectivity index (χ0v) is 16.3. The lowest BCUT2D eigenvalue weighted by Gasteiger charge is -2.13. The van der Waals surface area contributed by atoms with Gasteiger partial charge in [0.1, 0.15) is 5.82 Å². The fourth-order valence-electron chi connectivity index (χ4n) is 2.93. The second-order valence-electron chi connectivity index (χ2n) is 6.78. The standard InChI is InChI=1S/C21H23N5OS/c27-20(18-8-4-13-28-18)23-12-5-11-22-19-17(15-9-10-15)14-24-21(26-19)25-16-6-2-1-3-7-16/h1-4,6-8,13-15H,5,9-12H2,(H,23,27)(H2,22,24,25,26). The van der Waals surface area contributed by atoms with Crippen LogP contribution in [0.3, 0.4) is 0 Å². The van der Waals surface area contributed by atoms with Crippen molar-refractivity contribution in [2.45, 2.75) is 25.2 Å². The lowest BCUT2D eigenvalue weighted by Crippen LogP contribution is -2.25. The Kier molecular flexibility index (Phi) is 5.82. The normalized spacial score (nSPS) is 13.1. The molecular formula is C21H23N5OS. The van der Waals surface area contributed by atoms with Gasteiger partial charge in [0.05, 0.1) is 4.88 Å². The SMILES string of the molecule is O=C(NCCCNc1nc(Nc2ccccc2)ncc1C1CC1)c1cccs1. The number of nitrogens with one attached hydrogen (secondary N) is 3. The molecule has 4 rings (SSSR count). The summed E-state index contributed by atoms with van der Waals surface area (Å²) in [4.78, 5) is 21.9. The molecule has 28 heavy (non-hydrogen) atoms. The molecular weight excluding hydrogens is 370 g/mol. The fraction of sp³-hybridized carbons (Fsp3) is 0.286. The van der Waals surface area contributed by atoms with Crippen molar-refractivity contribution in [3.63, 3.8) is 0 Å². The van der Waals surface area contributed by atoms with Gasteiger partial charge in [-0.25, -0.2) is 4.98 Å². The summed E-state index contributed by atoms with van der Waals surface area (Å²) < 4.78 is 0. The molecule has 3 aromatic rings. The largest absolute Gasteiger partial charge is 0.370 e. The Labute approximate surface area is 168 Å². The average molecular weight is 394 g/mol. The summed E-state index contributed by atoms with van der Waals surface area (Å²) in [6.07, 6.45) is 5.14. The van der Waals surface area contributed by atoms with Crippen molar-refractivity contribution in [1.29, 1.82) is 0 Å². The van der Waals surface area contributed by atoms with Gasteiger partial charge in [0.25, 0.3) is 5.91 Å². The number of carbonyl (C=O) groups excluding carboxylic acids is 1. The number of amides is 1. The van der Waals surface area contributed by atoms with Crippen LogP contribution in [0.2, 0.25) is 0 Å². The molecule has 6 nitrogen and oxygen atoms in total. The number of benzene rings is 1. The zero-order chi connectivity index (χ0) is 19.2. The summed E-state index contributed by atoms with van der Waals surface area (Å²) >= 11 is 1.45. The monoisotopic (exact) mass is 393 g/mol. The predicted octanol–water partition coefficient (Wildman–Crippen LogP) is 4.39. The Morgan fingerprint density at radius 3 is 2.71 bits per heavy atom. The van der Waals surface area contributed by atoms with Crippen LogP contribution in [-0.2, 0) is 0 Å². The van der Waals surface area contributed by atoms with Crippen molar-refractivity contribution in [3.05, 3.63) is 64.5 Å². The van der Waals surface area contributed by atoms with Crippen LogP contribution in [0.4, 0.5) is 17.5 Å². The average Bonchev–Trinajstić information content (AvgIpc) is 3.41. The number of thiophene rings is 1. The van der Waals surface area contributed by atoms with E-state index in [0.29, 0.717) is 18.4 Å². The summed E-state index contributed by atoms with van der Waals surface area (Å²) in [6.45, 7) is 1.37. The number of para-hydroxylation sites is 1. The van der Waals surface area contributed by atoms with E-state index in [1.165, 1.54) is 29.7 Å². The zero-order valence-electron chi connectivity index (χ0n) is 15.5. The van der Waals surface area contributed by atoms with E-state index in [9.17, 15) is 4.79 Å². The molecule has 3 N–H and O–H groups in total. The van der Waals surface area contributed by atoms with E-state index in [1.54, 1.807) is 0 Å². The van der Waals surface area contributed by atoms with Crippen molar-refractivity contribution in [1.82, 2.24) is 15.3 Å². The highest BCUT2D eigenvalue weighted by molar-refractivity contribution is 7.12. The molecule has 1 fully saturated rings. The lowest BCUT2D eigenvalue weighted by atomic mass is 10.2. The first-order valence-corrected chi connectivity index (χ1v) is 10.4. The van der Waals surface area contributed by atoms with Gasteiger partial charge in [-0.1, -0.05) is 24.3 Å². The molecule has 1 aliphatic rings. The first kappa shape index (κ1) is 18.4. The molecule has 0 radical (unpaired) electrons. The maximum absolute atomic E-state index is 12.0. The van der Waals surface area contributed by atoms with Crippen molar-refractivity contribution in [2.24, 2.45) is 0 Å². The molecule has 1 saturated carbocycles. The van der Waals surface area contributed by atoms with E-state index >= 15 is 0 Å². The van der Waals surface area contributed by atoms with Crippen molar-refractivity contribution in [3.8, 4) is 0 Å². The Morgan fingerprint density at radius 1 is 1.11 bits per heavy atom. The molecule has 1 aliphatic carbocycles. The van der Waals surface area contributed by atoms with Crippen molar-refractivity contribution >= 4 is 34.7 Å². The van der Waals surface area contributed by atoms with Gasteiger partial charge in [0.15, 0.2) is 0 Å². The highest BCUT2D eigenvalue weighted by atomic mass is 32.1. The van der Waals surface area contributed by atoms with E-state index in [4.69, 9.17) is 0 Å². The van der Waals surface area contributed by atoms with Gasteiger partial charge in [-0.05, 0) is 48.8 Å². The first-order chi connectivity index (χ1) is 13.8. The summed E-state index contributed by atoms with van der Waals surface area (Å²) in [5.74, 6) is 2.03. The van der Waals surface area contributed by atoms with Gasteiger partial charge in [0, 0.05) is 30.5 Å². The van der Waals surface area contributed by atoms with Crippen LogP contribution in [0.15, 0.2) is 54.0 Å². The highest BCUT2D eigenvalue weighted by Gasteiger charge is 2.27. The second-order valence-corrected chi connectivity index (χ2v) is 7.72. The van der Waals surface area contributed by atoms with Crippen LogP contribution in [0.25, 0.3) is 0 Å². The summed E-state index contributed by atoms with van der Waals surface area (Å²) in [5, 5.41) is 11.5. The minimum Gasteiger partial charge on any atom is -0.370 e. The van der Waals surface area contributed by atoms with E-state index < -0.39 is 0 Å². The molecule has 7 heteroatoms. The highest BCUT2D eigenvalue weighted by Crippen LogP contribution is 2.42. The van der Waals surface area contributed by atoms with Gasteiger partial charge >= 0.3 is 0 Å². The number of nitrogens with zero attached hydrogens (tertiary/aromatic N) is 2. The van der Waals surface area contributed by atoms with E-state index in [1.807, 2.05) is 54.0 Å². The third-order valence-corrected chi connectivity index (χ3v) is 5.41. The molecule has 0 atom stereocenters. The Morgan fingerprint density at radius 2 is 1.96 bits per heavy atom. The number of carbonyl (C=O) groups is 1. The molecule has 0 unspecified atom stereocenters. The molecule has 1 aromatic carbocycles. The molecule has 2 heterocycles. The molecule has 144 valence electrons. The number of aromatic nitrogens is 2. The maximum Gasteiger partial charge on any atom is 0.261 e. The number of hydrogen-bond acceptors (Lipinski definition) is 6. The van der Waals surface area contributed by atoms with Crippen molar-refractivity contribution < 1.29 is 4.79 Å². The van der Waals surface area contributed by atoms with Crippen molar-refractivity contribution in [2.75, 3.05) is 23.7 Å². The van der Waals surface area contributed by atoms with Gasteiger partial charge in [-0.15, -0.1) is 11.3 Å². The maximum atomic E-state index is 12.0. The predicted molar refractivity (Wildman–Crippen MR) is 113 cm³/mol. The molecule has 1 amide bonds. The Hall–Kier alpha value is -2.93. The lowest BCUT2D eigenvalue weighted by molar-refractivity contribution is 0.0957. The molecule has 0 spiro atoms. The summed E-state index contributed by atoms with van der Waals surface area (Å²) in [6, 6.07) is 13.6. The quantitative estimate of drug-likeness (QED) is 0.470.